The van der Waals surface area contributed by atoms with E-state index in [0.717, 1.165) is 19.3 Å². The first kappa shape index (κ1) is 16.2. The number of hydrogen-bond donors (Lipinski definition) is 2. The first-order chi connectivity index (χ1) is 9.90. The number of halogens is 1. The number of aromatic carboxylic acids is 1. The molecule has 1 aromatic rings. The zero-order valence-corrected chi connectivity index (χ0v) is 13.7. The fourth-order valence-electron chi connectivity index (χ4n) is 2.20. The number of hydrogen-bond acceptors (Lipinski definition) is 3. The molecule has 1 atom stereocenters. The zero-order valence-electron chi connectivity index (χ0n) is 11.3. The molecule has 21 heavy (non-hydrogen) atoms. The highest BCUT2D eigenvalue weighted by Gasteiger charge is 2.20. The lowest BCUT2D eigenvalue weighted by molar-refractivity contribution is 0.0696. The Kier molecular flexibility index (Phi) is 5.18. The Morgan fingerprint density at radius 2 is 2.14 bits per heavy atom. The van der Waals surface area contributed by atoms with E-state index in [1.165, 1.54) is 18.2 Å². The standard InChI is InChI=1S/C14H16BrNO4S/c15-12-8-11(14(17)18)6-7-13(12)21(19,20)16-9-10-4-2-1-3-5-10/h1-2,6-8,10,16H,3-5,9H2,(H,17,18). The summed E-state index contributed by atoms with van der Waals surface area (Å²) < 4.78 is 27.4. The number of sulfonamides is 1. The maximum absolute atomic E-state index is 12.3. The molecule has 7 heteroatoms. The van der Waals surface area contributed by atoms with Gasteiger partial charge in [-0.25, -0.2) is 17.9 Å². The molecule has 0 aromatic heterocycles. The largest absolute Gasteiger partial charge is 0.478 e. The van der Waals surface area contributed by atoms with Gasteiger partial charge in [-0.05, 0) is 59.3 Å². The highest BCUT2D eigenvalue weighted by Crippen LogP contribution is 2.24. The smallest absolute Gasteiger partial charge is 0.335 e. The lowest BCUT2D eigenvalue weighted by Gasteiger charge is -2.18. The molecule has 1 aromatic carbocycles. The van der Waals surface area contributed by atoms with Crippen LogP contribution in [0.15, 0.2) is 39.7 Å². The van der Waals surface area contributed by atoms with Crippen LogP contribution in [0.3, 0.4) is 0 Å². The Morgan fingerprint density at radius 3 is 2.71 bits per heavy atom. The minimum Gasteiger partial charge on any atom is -0.478 e. The normalized spacial score (nSPS) is 18.6. The molecule has 0 spiro atoms. The third-order valence-electron chi connectivity index (χ3n) is 3.41. The predicted molar refractivity (Wildman–Crippen MR) is 82.8 cm³/mol. The second-order valence-electron chi connectivity index (χ2n) is 4.95. The van der Waals surface area contributed by atoms with Gasteiger partial charge in [0.2, 0.25) is 10.0 Å². The van der Waals surface area contributed by atoms with Gasteiger partial charge < -0.3 is 5.11 Å². The third kappa shape index (κ3) is 4.15. The fourth-order valence-corrected chi connectivity index (χ4v) is 4.39. The first-order valence-corrected chi connectivity index (χ1v) is 8.85. The van der Waals surface area contributed by atoms with Crippen LogP contribution in [-0.2, 0) is 10.0 Å². The number of rotatable bonds is 5. The Balaban J connectivity index is 2.12. The number of carboxylic acid groups (broad SMARTS) is 1. The van der Waals surface area contributed by atoms with Gasteiger partial charge in [0.15, 0.2) is 0 Å². The quantitative estimate of drug-likeness (QED) is 0.777. The molecule has 0 saturated heterocycles. The molecule has 0 saturated carbocycles. The third-order valence-corrected chi connectivity index (χ3v) is 5.81. The molecular formula is C14H16BrNO4S. The molecule has 0 heterocycles. The van der Waals surface area contributed by atoms with Gasteiger partial charge in [0.25, 0.3) is 0 Å². The van der Waals surface area contributed by atoms with Crippen molar-refractivity contribution in [1.29, 1.82) is 0 Å². The van der Waals surface area contributed by atoms with Crippen LogP contribution in [-0.4, -0.2) is 26.0 Å². The SMILES string of the molecule is O=C(O)c1ccc(S(=O)(=O)NCC2CC=CCC2)c(Br)c1. The van der Waals surface area contributed by atoms with Crippen molar-refractivity contribution in [3.63, 3.8) is 0 Å². The van der Waals surface area contributed by atoms with Crippen molar-refractivity contribution >= 4 is 31.9 Å². The minimum atomic E-state index is -3.65. The average Bonchev–Trinajstić information content (AvgIpc) is 2.46. The maximum atomic E-state index is 12.3. The number of benzene rings is 1. The number of carbonyl (C=O) groups is 1. The monoisotopic (exact) mass is 373 g/mol. The summed E-state index contributed by atoms with van der Waals surface area (Å²) in [6.07, 6.45) is 7.00. The molecule has 0 aliphatic heterocycles. The predicted octanol–water partition coefficient (Wildman–Crippen LogP) is 2.78. The van der Waals surface area contributed by atoms with Crippen molar-refractivity contribution in [3.05, 3.63) is 40.4 Å². The molecule has 0 fully saturated rings. The van der Waals surface area contributed by atoms with E-state index in [9.17, 15) is 13.2 Å². The van der Waals surface area contributed by atoms with E-state index in [1.807, 2.05) is 0 Å². The van der Waals surface area contributed by atoms with Crippen LogP contribution < -0.4 is 4.72 Å². The molecule has 1 unspecified atom stereocenters. The summed E-state index contributed by atoms with van der Waals surface area (Å²) in [5, 5.41) is 8.88. The van der Waals surface area contributed by atoms with Crippen molar-refractivity contribution in [1.82, 2.24) is 4.72 Å². The van der Waals surface area contributed by atoms with E-state index in [2.05, 4.69) is 32.8 Å². The van der Waals surface area contributed by atoms with Crippen molar-refractivity contribution in [2.45, 2.75) is 24.2 Å². The Morgan fingerprint density at radius 1 is 1.38 bits per heavy atom. The topological polar surface area (TPSA) is 83.5 Å². The Labute approximate surface area is 132 Å². The summed E-state index contributed by atoms with van der Waals surface area (Å²) in [6, 6.07) is 3.88. The van der Waals surface area contributed by atoms with Crippen LogP contribution in [0.1, 0.15) is 29.6 Å². The van der Waals surface area contributed by atoms with E-state index in [-0.39, 0.29) is 14.9 Å². The van der Waals surface area contributed by atoms with Gasteiger partial charge in [0.05, 0.1) is 10.5 Å². The molecule has 2 N–H and O–H groups in total. The molecule has 1 aliphatic rings. The molecule has 0 radical (unpaired) electrons. The van der Waals surface area contributed by atoms with Gasteiger partial charge in [0.1, 0.15) is 0 Å². The number of carboxylic acids is 1. The first-order valence-electron chi connectivity index (χ1n) is 6.57. The highest BCUT2D eigenvalue weighted by atomic mass is 79.9. The van der Waals surface area contributed by atoms with Gasteiger partial charge in [-0.15, -0.1) is 0 Å². The van der Waals surface area contributed by atoms with Crippen molar-refractivity contribution in [2.24, 2.45) is 5.92 Å². The zero-order chi connectivity index (χ0) is 15.5. The summed E-state index contributed by atoms with van der Waals surface area (Å²) in [6.45, 7) is 0.389. The summed E-state index contributed by atoms with van der Waals surface area (Å²) in [4.78, 5) is 10.9. The second-order valence-corrected chi connectivity index (χ2v) is 7.54. The van der Waals surface area contributed by atoms with Crippen molar-refractivity contribution in [2.75, 3.05) is 6.54 Å². The number of nitrogens with one attached hydrogen (secondary N) is 1. The molecular weight excluding hydrogens is 358 g/mol. The van der Waals surface area contributed by atoms with Crippen LogP contribution in [0.4, 0.5) is 0 Å². The molecule has 1 aliphatic carbocycles. The molecule has 0 amide bonds. The molecule has 114 valence electrons. The van der Waals surface area contributed by atoms with Gasteiger partial charge >= 0.3 is 5.97 Å². The van der Waals surface area contributed by atoms with Gasteiger partial charge in [-0.1, -0.05) is 12.2 Å². The lowest BCUT2D eigenvalue weighted by atomic mass is 9.95. The molecule has 5 nitrogen and oxygen atoms in total. The Hall–Kier alpha value is -1.18. The highest BCUT2D eigenvalue weighted by molar-refractivity contribution is 9.10. The maximum Gasteiger partial charge on any atom is 0.335 e. The second kappa shape index (κ2) is 6.72. The average molecular weight is 374 g/mol. The number of allylic oxidation sites excluding steroid dienone is 2. The van der Waals surface area contributed by atoms with Crippen LogP contribution in [0.2, 0.25) is 0 Å². The summed E-state index contributed by atoms with van der Waals surface area (Å²) in [5.41, 5.74) is 0.0400. The van der Waals surface area contributed by atoms with Crippen LogP contribution in [0.5, 0.6) is 0 Å². The fraction of sp³-hybridized carbons (Fsp3) is 0.357. The van der Waals surface area contributed by atoms with E-state index in [1.54, 1.807) is 0 Å². The van der Waals surface area contributed by atoms with Gasteiger partial charge in [0, 0.05) is 11.0 Å². The van der Waals surface area contributed by atoms with Gasteiger partial charge in [-0.3, -0.25) is 0 Å². The van der Waals surface area contributed by atoms with E-state index in [4.69, 9.17) is 5.11 Å². The van der Waals surface area contributed by atoms with Crippen LogP contribution in [0.25, 0.3) is 0 Å². The van der Waals surface area contributed by atoms with E-state index in [0.29, 0.717) is 12.5 Å². The molecule has 0 bridgehead atoms. The lowest BCUT2D eigenvalue weighted by Crippen LogP contribution is -2.30. The van der Waals surface area contributed by atoms with Crippen LogP contribution in [0, 0.1) is 5.92 Å². The van der Waals surface area contributed by atoms with Crippen molar-refractivity contribution < 1.29 is 18.3 Å². The summed E-state index contributed by atoms with van der Waals surface area (Å²) >= 11 is 3.12. The summed E-state index contributed by atoms with van der Waals surface area (Å²) in [5.74, 6) is -0.788. The van der Waals surface area contributed by atoms with Gasteiger partial charge in [-0.2, -0.15) is 0 Å². The van der Waals surface area contributed by atoms with E-state index >= 15 is 0 Å². The van der Waals surface area contributed by atoms with Crippen LogP contribution >= 0.6 is 15.9 Å². The Bertz CT molecular complexity index is 670. The van der Waals surface area contributed by atoms with Crippen molar-refractivity contribution in [3.8, 4) is 0 Å². The van der Waals surface area contributed by atoms with E-state index < -0.39 is 16.0 Å². The molecule has 2 rings (SSSR count). The summed E-state index contributed by atoms with van der Waals surface area (Å²) in [7, 11) is -3.65. The minimum absolute atomic E-state index is 0.0400.